The van der Waals surface area contributed by atoms with E-state index in [2.05, 4.69) is 18.0 Å². The Bertz CT molecular complexity index is 836. The van der Waals surface area contributed by atoms with Crippen molar-refractivity contribution in [2.75, 3.05) is 33.8 Å². The molecule has 0 saturated heterocycles. The van der Waals surface area contributed by atoms with Gasteiger partial charge in [0.1, 0.15) is 17.3 Å². The lowest BCUT2D eigenvalue weighted by molar-refractivity contribution is -0.113. The van der Waals surface area contributed by atoms with Crippen LogP contribution in [0, 0.1) is 0 Å². The van der Waals surface area contributed by atoms with Crippen molar-refractivity contribution >= 4 is 17.1 Å². The maximum absolute atomic E-state index is 12.7. The van der Waals surface area contributed by atoms with Crippen molar-refractivity contribution in [2.45, 2.75) is 26.2 Å². The first-order valence-electron chi connectivity index (χ1n) is 9.90. The molecule has 0 amide bonds. The quantitative estimate of drug-likeness (QED) is 0.742. The Morgan fingerprint density at radius 1 is 1.18 bits per heavy atom. The van der Waals surface area contributed by atoms with Crippen molar-refractivity contribution in [3.8, 4) is 5.75 Å². The number of nitrogens with zero attached hydrogens (tertiary/aromatic N) is 3. The van der Waals surface area contributed by atoms with Gasteiger partial charge in [-0.1, -0.05) is 24.3 Å². The molecule has 0 N–H and O–H groups in total. The van der Waals surface area contributed by atoms with E-state index in [0.29, 0.717) is 18.7 Å². The van der Waals surface area contributed by atoms with Gasteiger partial charge in [-0.2, -0.15) is 0 Å². The predicted molar refractivity (Wildman–Crippen MR) is 114 cm³/mol. The third-order valence-electron chi connectivity index (χ3n) is 4.92. The molecule has 0 atom stereocenters. The average molecular weight is 380 g/mol. The number of aliphatic imine (C=N–C) groups is 1. The van der Waals surface area contributed by atoms with Gasteiger partial charge in [0.25, 0.3) is 0 Å². The third kappa shape index (κ3) is 4.98. The van der Waals surface area contributed by atoms with E-state index in [1.165, 1.54) is 0 Å². The largest absolute Gasteiger partial charge is 0.494 e. The molecule has 2 aliphatic rings. The van der Waals surface area contributed by atoms with Crippen molar-refractivity contribution in [3.63, 3.8) is 0 Å². The molecule has 2 heterocycles. The van der Waals surface area contributed by atoms with Crippen molar-refractivity contribution < 1.29 is 9.53 Å². The SMILES string of the molecule is C/C=C/C1=C2/N=C(C=CN2C)C(=O)CCCN(C)CCCOc2cccc1c2. The average Bonchev–Trinajstić information content (AvgIpc) is 2.69. The summed E-state index contributed by atoms with van der Waals surface area (Å²) < 4.78 is 5.98. The van der Waals surface area contributed by atoms with Crippen LogP contribution >= 0.6 is 0 Å². The molecule has 0 fully saturated rings. The second-order valence-corrected chi connectivity index (χ2v) is 7.22. The lowest BCUT2D eigenvalue weighted by Gasteiger charge is -2.23. The molecule has 0 aromatic heterocycles. The molecular formula is C23H29N3O2. The third-order valence-corrected chi connectivity index (χ3v) is 4.92. The van der Waals surface area contributed by atoms with Crippen LogP contribution in [0.5, 0.6) is 5.75 Å². The van der Waals surface area contributed by atoms with Gasteiger partial charge in [0, 0.05) is 31.8 Å². The van der Waals surface area contributed by atoms with Gasteiger partial charge in [0.2, 0.25) is 0 Å². The fourth-order valence-corrected chi connectivity index (χ4v) is 3.38. The maximum Gasteiger partial charge on any atom is 0.181 e. The second-order valence-electron chi connectivity index (χ2n) is 7.22. The smallest absolute Gasteiger partial charge is 0.181 e. The van der Waals surface area contributed by atoms with Gasteiger partial charge in [0.05, 0.1) is 6.61 Å². The van der Waals surface area contributed by atoms with E-state index in [4.69, 9.17) is 9.73 Å². The number of allylic oxidation sites excluding steroid dienone is 4. The minimum Gasteiger partial charge on any atom is -0.494 e. The molecule has 1 aromatic carbocycles. The number of ether oxygens (including phenoxy) is 1. The Morgan fingerprint density at radius 3 is 2.82 bits per heavy atom. The number of rotatable bonds is 1. The zero-order valence-electron chi connectivity index (χ0n) is 17.0. The molecule has 0 saturated carbocycles. The first-order chi connectivity index (χ1) is 13.6. The van der Waals surface area contributed by atoms with Crippen LogP contribution in [0.25, 0.3) is 5.57 Å². The van der Waals surface area contributed by atoms with Crippen LogP contribution in [0.15, 0.2) is 59.5 Å². The van der Waals surface area contributed by atoms with Crippen LogP contribution in [-0.2, 0) is 4.79 Å². The lowest BCUT2D eigenvalue weighted by atomic mass is 10.0. The molecule has 0 radical (unpaired) electrons. The van der Waals surface area contributed by atoms with E-state index < -0.39 is 0 Å². The lowest BCUT2D eigenvalue weighted by Crippen LogP contribution is -2.25. The fourth-order valence-electron chi connectivity index (χ4n) is 3.38. The Balaban J connectivity index is 2.05. The van der Waals surface area contributed by atoms with Gasteiger partial charge in [-0.15, -0.1) is 0 Å². The van der Waals surface area contributed by atoms with Gasteiger partial charge >= 0.3 is 0 Å². The van der Waals surface area contributed by atoms with E-state index in [1.807, 2.05) is 61.5 Å². The molecule has 28 heavy (non-hydrogen) atoms. The minimum absolute atomic E-state index is 0.0965. The summed E-state index contributed by atoms with van der Waals surface area (Å²) in [6.07, 6.45) is 10.0. The summed E-state index contributed by atoms with van der Waals surface area (Å²) in [5.74, 6) is 1.72. The Kier molecular flexibility index (Phi) is 6.82. The summed E-state index contributed by atoms with van der Waals surface area (Å²) in [5, 5.41) is 0. The number of benzene rings is 1. The Labute approximate surface area is 167 Å². The standard InChI is InChI=1S/C23H29N3O2/c1-4-8-20-18-9-5-10-19(17-18)28-16-7-14-25(2)13-6-11-22(27)21-12-15-26(3)23(20)24-21/h4-5,8-10,12,15,17H,6-7,11,13-14,16H2,1-3H3/b8-4+,23-20+. The summed E-state index contributed by atoms with van der Waals surface area (Å²) >= 11 is 0. The van der Waals surface area contributed by atoms with Crippen LogP contribution < -0.4 is 4.74 Å². The molecule has 3 rings (SSSR count). The summed E-state index contributed by atoms with van der Waals surface area (Å²) in [5.41, 5.74) is 2.52. The topological polar surface area (TPSA) is 45.1 Å². The normalized spacial score (nSPS) is 22.3. The number of carbonyl (C=O) groups is 1. The second kappa shape index (κ2) is 9.51. The minimum atomic E-state index is 0.0965. The number of Topliss-reactive ketones (excluding diaryl/α,β-unsaturated/α-hetero) is 1. The van der Waals surface area contributed by atoms with E-state index in [-0.39, 0.29) is 5.78 Å². The monoisotopic (exact) mass is 379 g/mol. The summed E-state index contributed by atoms with van der Waals surface area (Å²) in [6, 6.07) is 8.08. The number of hydrogen-bond acceptors (Lipinski definition) is 5. The fraction of sp³-hybridized carbons (Fsp3) is 0.391. The van der Waals surface area contributed by atoms with E-state index in [9.17, 15) is 4.79 Å². The van der Waals surface area contributed by atoms with Crippen LogP contribution in [0.3, 0.4) is 0 Å². The van der Waals surface area contributed by atoms with Crippen molar-refractivity contribution in [1.29, 1.82) is 0 Å². The molecule has 2 aliphatic heterocycles. The highest BCUT2D eigenvalue weighted by Gasteiger charge is 2.18. The van der Waals surface area contributed by atoms with Crippen molar-refractivity contribution in [3.05, 3.63) is 60.1 Å². The molecule has 0 aliphatic carbocycles. The molecule has 148 valence electrons. The van der Waals surface area contributed by atoms with Crippen LogP contribution in [0.4, 0.5) is 0 Å². The summed E-state index contributed by atoms with van der Waals surface area (Å²) in [7, 11) is 4.04. The van der Waals surface area contributed by atoms with Crippen molar-refractivity contribution in [1.82, 2.24) is 9.80 Å². The van der Waals surface area contributed by atoms with E-state index >= 15 is 0 Å². The number of ketones is 1. The van der Waals surface area contributed by atoms with Gasteiger partial charge in [-0.3, -0.25) is 4.79 Å². The molecule has 5 heteroatoms. The van der Waals surface area contributed by atoms with E-state index in [1.54, 1.807) is 0 Å². The highest BCUT2D eigenvalue weighted by Crippen LogP contribution is 2.28. The van der Waals surface area contributed by atoms with Gasteiger partial charge in [-0.25, -0.2) is 4.99 Å². The number of carbonyl (C=O) groups excluding carboxylic acids is 1. The van der Waals surface area contributed by atoms with Crippen molar-refractivity contribution in [2.24, 2.45) is 4.99 Å². The van der Waals surface area contributed by atoms with Gasteiger partial charge < -0.3 is 14.5 Å². The summed E-state index contributed by atoms with van der Waals surface area (Å²) in [6.45, 7) is 4.50. The van der Waals surface area contributed by atoms with Gasteiger partial charge in [0.15, 0.2) is 5.78 Å². The zero-order chi connectivity index (χ0) is 19.9. The van der Waals surface area contributed by atoms with Crippen LogP contribution in [0.2, 0.25) is 0 Å². The molecule has 5 nitrogen and oxygen atoms in total. The molecule has 1 aromatic rings. The molecule has 4 bridgehead atoms. The molecular weight excluding hydrogens is 350 g/mol. The molecule has 0 spiro atoms. The van der Waals surface area contributed by atoms with E-state index in [0.717, 1.165) is 48.6 Å². The number of fused-ring (bicyclic) bond motifs is 3. The Hall–Kier alpha value is -2.66. The highest BCUT2D eigenvalue weighted by molar-refractivity contribution is 6.44. The zero-order valence-corrected chi connectivity index (χ0v) is 17.0. The highest BCUT2D eigenvalue weighted by atomic mass is 16.5. The molecule has 0 unspecified atom stereocenters. The first-order valence-corrected chi connectivity index (χ1v) is 9.90. The Morgan fingerprint density at radius 2 is 2.00 bits per heavy atom. The maximum atomic E-state index is 12.7. The van der Waals surface area contributed by atoms with Crippen LogP contribution in [-0.4, -0.2) is 55.1 Å². The summed E-state index contributed by atoms with van der Waals surface area (Å²) in [4.78, 5) is 21.6. The first kappa shape index (κ1) is 20.1. The van der Waals surface area contributed by atoms with Crippen LogP contribution in [0.1, 0.15) is 31.7 Å². The van der Waals surface area contributed by atoms with Gasteiger partial charge in [-0.05, 0) is 57.1 Å². The predicted octanol–water partition coefficient (Wildman–Crippen LogP) is 3.90. The number of hydrogen-bond donors (Lipinski definition) is 0.